The molecule has 23 heavy (non-hydrogen) atoms. The molecule has 0 unspecified atom stereocenters. The Morgan fingerprint density at radius 2 is 2.09 bits per heavy atom. The maximum Gasteiger partial charge on any atom is 0.243 e. The van der Waals surface area contributed by atoms with Crippen molar-refractivity contribution < 1.29 is 4.52 Å². The van der Waals surface area contributed by atoms with Gasteiger partial charge in [-0.05, 0) is 31.5 Å². The summed E-state index contributed by atoms with van der Waals surface area (Å²) in [6, 6.07) is 10.2. The van der Waals surface area contributed by atoms with Crippen LogP contribution in [-0.2, 0) is 6.54 Å². The molecule has 6 nitrogen and oxygen atoms in total. The van der Waals surface area contributed by atoms with E-state index in [9.17, 15) is 0 Å². The first-order valence-electron chi connectivity index (χ1n) is 7.91. The summed E-state index contributed by atoms with van der Waals surface area (Å²) < 4.78 is 5.28. The van der Waals surface area contributed by atoms with E-state index in [2.05, 4.69) is 39.0 Å². The smallest absolute Gasteiger partial charge is 0.243 e. The lowest BCUT2D eigenvalue weighted by Crippen LogP contribution is -2.46. The van der Waals surface area contributed by atoms with Gasteiger partial charge in [-0.25, -0.2) is 0 Å². The van der Waals surface area contributed by atoms with Gasteiger partial charge in [0.1, 0.15) is 0 Å². The molecule has 3 rings (SSSR count). The first-order chi connectivity index (χ1) is 11.2. The summed E-state index contributed by atoms with van der Waals surface area (Å²) in [6.07, 6.45) is 0. The van der Waals surface area contributed by atoms with Crippen LogP contribution < -0.4 is 0 Å². The lowest BCUT2D eigenvalue weighted by molar-refractivity contribution is 0.0845. The van der Waals surface area contributed by atoms with Crippen LogP contribution in [-0.4, -0.2) is 46.1 Å². The fraction of sp³-hybridized carbons (Fsp3) is 0.471. The summed E-state index contributed by atoms with van der Waals surface area (Å²) in [5, 5.41) is 12.9. The van der Waals surface area contributed by atoms with Crippen molar-refractivity contribution in [3.63, 3.8) is 0 Å². The zero-order valence-electron chi connectivity index (χ0n) is 13.6. The number of aromatic nitrogens is 2. The molecular weight excluding hydrogens is 290 g/mol. The van der Waals surface area contributed by atoms with E-state index in [-0.39, 0.29) is 6.04 Å². The van der Waals surface area contributed by atoms with Gasteiger partial charge in [0.05, 0.1) is 17.7 Å². The Kier molecular flexibility index (Phi) is 4.70. The van der Waals surface area contributed by atoms with E-state index in [1.807, 2.05) is 25.1 Å². The maximum atomic E-state index is 8.98. The third-order valence-corrected chi connectivity index (χ3v) is 4.32. The van der Waals surface area contributed by atoms with Crippen molar-refractivity contribution in [2.45, 2.75) is 26.4 Å². The molecule has 0 bridgehead atoms. The second-order valence-electron chi connectivity index (χ2n) is 5.98. The third-order valence-electron chi connectivity index (χ3n) is 4.32. The molecule has 0 amide bonds. The monoisotopic (exact) mass is 311 g/mol. The number of aryl methyl sites for hydroxylation is 1. The van der Waals surface area contributed by atoms with Gasteiger partial charge < -0.3 is 4.52 Å². The largest absolute Gasteiger partial charge is 0.338 e. The topological polar surface area (TPSA) is 69.2 Å². The zero-order chi connectivity index (χ0) is 16.2. The second kappa shape index (κ2) is 6.90. The molecule has 1 atom stereocenters. The number of rotatable bonds is 4. The molecule has 2 aromatic rings. The van der Waals surface area contributed by atoms with Crippen molar-refractivity contribution in [3.05, 3.63) is 47.1 Å². The minimum absolute atomic E-state index is 0.153. The van der Waals surface area contributed by atoms with Crippen molar-refractivity contribution in [3.8, 4) is 6.07 Å². The Balaban J connectivity index is 1.55. The standard InChI is InChI=1S/C17H21N5O/c1-13(17-19-14(2)20-23-17)22-8-6-21(7-9-22)12-16-5-3-4-15(10-16)11-18/h3-5,10,13H,6-9,12H2,1-2H3/t13-/m0/s1. The SMILES string of the molecule is Cc1noc([C@H](C)N2CCN(Cc3cccc(C#N)c3)CC2)n1. The molecule has 0 aliphatic carbocycles. The zero-order valence-corrected chi connectivity index (χ0v) is 13.6. The molecule has 0 radical (unpaired) electrons. The normalized spacial score (nSPS) is 17.8. The van der Waals surface area contributed by atoms with Gasteiger partial charge >= 0.3 is 0 Å². The van der Waals surface area contributed by atoms with Crippen LogP contribution in [0.25, 0.3) is 0 Å². The van der Waals surface area contributed by atoms with E-state index in [4.69, 9.17) is 9.78 Å². The van der Waals surface area contributed by atoms with E-state index < -0.39 is 0 Å². The van der Waals surface area contributed by atoms with Crippen LogP contribution in [0.5, 0.6) is 0 Å². The van der Waals surface area contributed by atoms with E-state index in [0.29, 0.717) is 11.7 Å². The lowest BCUT2D eigenvalue weighted by atomic mass is 10.1. The van der Waals surface area contributed by atoms with Crippen LogP contribution in [0.15, 0.2) is 28.8 Å². The van der Waals surface area contributed by atoms with Gasteiger partial charge in [-0.2, -0.15) is 10.2 Å². The fourth-order valence-corrected chi connectivity index (χ4v) is 2.95. The van der Waals surface area contributed by atoms with Gasteiger partial charge in [0, 0.05) is 32.7 Å². The summed E-state index contributed by atoms with van der Waals surface area (Å²) in [6.45, 7) is 8.77. The molecule has 1 aromatic carbocycles. The molecule has 1 aliphatic rings. The Morgan fingerprint density at radius 3 is 2.74 bits per heavy atom. The fourth-order valence-electron chi connectivity index (χ4n) is 2.95. The highest BCUT2D eigenvalue weighted by Gasteiger charge is 2.25. The summed E-state index contributed by atoms with van der Waals surface area (Å²) in [4.78, 5) is 9.11. The number of hydrogen-bond acceptors (Lipinski definition) is 6. The Labute approximate surface area is 136 Å². The van der Waals surface area contributed by atoms with Crippen LogP contribution in [0.4, 0.5) is 0 Å². The van der Waals surface area contributed by atoms with Crippen molar-refractivity contribution in [1.29, 1.82) is 5.26 Å². The predicted molar refractivity (Wildman–Crippen MR) is 85.5 cm³/mol. The molecule has 1 fully saturated rings. The van der Waals surface area contributed by atoms with Crippen molar-refractivity contribution in [1.82, 2.24) is 19.9 Å². The number of piperazine rings is 1. The highest BCUT2D eigenvalue weighted by atomic mass is 16.5. The minimum Gasteiger partial charge on any atom is -0.338 e. The van der Waals surface area contributed by atoms with Crippen LogP contribution in [0, 0.1) is 18.3 Å². The van der Waals surface area contributed by atoms with Crippen molar-refractivity contribution in [2.24, 2.45) is 0 Å². The van der Waals surface area contributed by atoms with Gasteiger partial charge in [-0.1, -0.05) is 17.3 Å². The lowest BCUT2D eigenvalue weighted by Gasteiger charge is -2.36. The second-order valence-corrected chi connectivity index (χ2v) is 5.98. The highest BCUT2D eigenvalue weighted by Crippen LogP contribution is 2.20. The minimum atomic E-state index is 0.153. The molecule has 2 heterocycles. The maximum absolute atomic E-state index is 8.98. The number of hydrogen-bond donors (Lipinski definition) is 0. The summed E-state index contributed by atoms with van der Waals surface area (Å²) in [5.74, 6) is 1.38. The Bertz CT molecular complexity index is 697. The summed E-state index contributed by atoms with van der Waals surface area (Å²) >= 11 is 0. The molecule has 0 saturated carbocycles. The molecule has 6 heteroatoms. The number of nitrogens with zero attached hydrogens (tertiary/aromatic N) is 5. The molecule has 120 valence electrons. The van der Waals surface area contributed by atoms with Gasteiger partial charge in [0.2, 0.25) is 5.89 Å². The first-order valence-corrected chi connectivity index (χ1v) is 7.91. The molecule has 0 N–H and O–H groups in total. The molecule has 1 aliphatic heterocycles. The third kappa shape index (κ3) is 3.76. The van der Waals surface area contributed by atoms with Crippen molar-refractivity contribution >= 4 is 0 Å². The van der Waals surface area contributed by atoms with E-state index in [1.54, 1.807) is 0 Å². The molecule has 0 spiro atoms. The summed E-state index contributed by atoms with van der Waals surface area (Å²) in [7, 11) is 0. The molecular formula is C17H21N5O. The Morgan fingerprint density at radius 1 is 1.30 bits per heavy atom. The van der Waals surface area contributed by atoms with Gasteiger partial charge in [0.25, 0.3) is 0 Å². The number of benzene rings is 1. The molecule has 1 saturated heterocycles. The highest BCUT2D eigenvalue weighted by molar-refractivity contribution is 5.32. The van der Waals surface area contributed by atoms with E-state index in [0.717, 1.165) is 38.3 Å². The molecule has 1 aromatic heterocycles. The van der Waals surface area contributed by atoms with Crippen LogP contribution in [0.2, 0.25) is 0 Å². The number of nitriles is 1. The average molecular weight is 311 g/mol. The average Bonchev–Trinajstić information content (AvgIpc) is 3.01. The van der Waals surface area contributed by atoms with Crippen molar-refractivity contribution in [2.75, 3.05) is 26.2 Å². The summed E-state index contributed by atoms with van der Waals surface area (Å²) in [5.41, 5.74) is 1.92. The van der Waals surface area contributed by atoms with E-state index >= 15 is 0 Å². The van der Waals surface area contributed by atoms with Crippen LogP contribution in [0.3, 0.4) is 0 Å². The Hall–Kier alpha value is -2.23. The predicted octanol–water partition coefficient (Wildman–Crippen LogP) is 2.13. The van der Waals surface area contributed by atoms with Gasteiger partial charge in [0.15, 0.2) is 5.82 Å². The van der Waals surface area contributed by atoms with Gasteiger partial charge in [-0.15, -0.1) is 0 Å². The van der Waals surface area contributed by atoms with Crippen LogP contribution in [0.1, 0.15) is 35.8 Å². The van der Waals surface area contributed by atoms with E-state index in [1.165, 1.54) is 5.56 Å². The van der Waals surface area contributed by atoms with Gasteiger partial charge in [-0.3, -0.25) is 9.80 Å². The first kappa shape index (κ1) is 15.7. The van der Waals surface area contributed by atoms with Crippen LogP contribution >= 0.6 is 0 Å². The quantitative estimate of drug-likeness (QED) is 0.861.